The van der Waals surface area contributed by atoms with E-state index in [0.29, 0.717) is 23.4 Å². The second-order valence-electron chi connectivity index (χ2n) is 7.63. The van der Waals surface area contributed by atoms with Crippen LogP contribution in [0, 0.1) is 19.3 Å². The van der Waals surface area contributed by atoms with Crippen molar-refractivity contribution in [3.05, 3.63) is 93.0 Å². The number of rotatable bonds is 5. The maximum atomic E-state index is 13.7. The van der Waals surface area contributed by atoms with Crippen molar-refractivity contribution in [2.24, 2.45) is 0 Å². The fourth-order valence-corrected chi connectivity index (χ4v) is 3.92. The van der Waals surface area contributed by atoms with Gasteiger partial charge < -0.3 is 15.2 Å². The van der Waals surface area contributed by atoms with Crippen LogP contribution in [0.2, 0.25) is 0 Å². The Bertz CT molecular complexity index is 1340. The third-order valence-electron chi connectivity index (χ3n) is 5.54. The smallest absolute Gasteiger partial charge is 0.467 e. The molecule has 4 rings (SSSR count). The quantitative estimate of drug-likeness (QED) is 0.260. The van der Waals surface area contributed by atoms with Gasteiger partial charge in [0.15, 0.2) is 0 Å². The fourth-order valence-electron chi connectivity index (χ4n) is 3.92. The molecule has 34 heavy (non-hydrogen) atoms. The SMILES string of the molecule is CC.C[N-]c1[nH]cnc1C(=N)N(C)Cc1cc2cccc(C)c2c(=O)n1-c1ccccc1C.[K+]. The molecule has 2 heterocycles. The zero-order chi connectivity index (χ0) is 24.1. The van der Waals surface area contributed by atoms with E-state index in [0.717, 1.165) is 27.9 Å². The minimum Gasteiger partial charge on any atom is -0.467 e. The average Bonchev–Trinajstić information content (AvgIpc) is 3.30. The van der Waals surface area contributed by atoms with Gasteiger partial charge in [-0.15, -0.1) is 0 Å². The number of nitrogens with zero attached hydrogens (tertiary/aromatic N) is 4. The number of amidine groups is 1. The van der Waals surface area contributed by atoms with Gasteiger partial charge in [-0.1, -0.05) is 57.3 Å². The molecule has 2 N–H and O–H groups in total. The molecular formula is C26H31KN6O. The molecule has 172 valence electrons. The first kappa shape index (κ1) is 28.0. The predicted molar refractivity (Wildman–Crippen MR) is 136 cm³/mol. The molecule has 0 fully saturated rings. The number of nitrogens with one attached hydrogen (secondary N) is 2. The summed E-state index contributed by atoms with van der Waals surface area (Å²) < 4.78 is 1.77. The van der Waals surface area contributed by atoms with E-state index in [4.69, 9.17) is 5.41 Å². The van der Waals surface area contributed by atoms with Gasteiger partial charge in [0.25, 0.3) is 5.56 Å². The topological polar surface area (TPSA) is 91.9 Å². The third kappa shape index (κ3) is 5.53. The first-order valence-electron chi connectivity index (χ1n) is 11.1. The van der Waals surface area contributed by atoms with Crippen LogP contribution in [0.5, 0.6) is 0 Å². The number of para-hydroxylation sites is 1. The van der Waals surface area contributed by atoms with E-state index in [1.165, 1.54) is 6.33 Å². The summed E-state index contributed by atoms with van der Waals surface area (Å²) in [6, 6.07) is 15.8. The minimum absolute atomic E-state index is 0. The van der Waals surface area contributed by atoms with Crippen molar-refractivity contribution in [1.82, 2.24) is 19.4 Å². The monoisotopic (exact) mass is 482 g/mol. The molecule has 7 nitrogen and oxygen atoms in total. The van der Waals surface area contributed by atoms with Gasteiger partial charge in [-0.2, -0.15) is 0 Å². The molecule has 0 bridgehead atoms. The number of H-pyrrole nitrogens is 1. The molecule has 0 aliphatic rings. The van der Waals surface area contributed by atoms with E-state index < -0.39 is 0 Å². The molecule has 0 aliphatic carbocycles. The maximum Gasteiger partial charge on any atom is 1.00 e. The van der Waals surface area contributed by atoms with Crippen LogP contribution in [0.1, 0.15) is 36.4 Å². The number of pyridine rings is 1. The summed E-state index contributed by atoms with van der Waals surface area (Å²) in [6.07, 6.45) is 1.53. The molecule has 8 heteroatoms. The molecule has 0 atom stereocenters. The Kier molecular flexibility index (Phi) is 10.3. The van der Waals surface area contributed by atoms with Crippen LogP contribution >= 0.6 is 0 Å². The molecule has 0 radical (unpaired) electrons. The maximum absolute atomic E-state index is 13.7. The van der Waals surface area contributed by atoms with Crippen LogP contribution < -0.4 is 56.9 Å². The molecular weight excluding hydrogens is 451 g/mol. The van der Waals surface area contributed by atoms with Crippen molar-refractivity contribution >= 4 is 22.4 Å². The van der Waals surface area contributed by atoms with E-state index in [-0.39, 0.29) is 62.8 Å². The number of aromatic nitrogens is 3. The van der Waals surface area contributed by atoms with Gasteiger partial charge in [0.1, 0.15) is 11.5 Å². The molecule has 2 aromatic carbocycles. The summed E-state index contributed by atoms with van der Waals surface area (Å²) in [5.74, 6) is 0.789. The molecule has 0 amide bonds. The molecule has 0 unspecified atom stereocenters. The van der Waals surface area contributed by atoms with Crippen molar-refractivity contribution in [3.63, 3.8) is 0 Å². The standard InChI is InChI=1S/C24H25N6O.C2H6.K/c1-15-8-5-6-11-19(15)30-18(12-17-10-7-9-16(2)20(17)24(30)31)13-29(4)22(25)21-23(26-3)28-14-27-21;1-2;/h5-12,14H,13H2,1-4H3,(H2-,25,26,27,28);1-2H3;/q-1;;+1. The van der Waals surface area contributed by atoms with E-state index in [9.17, 15) is 4.79 Å². The summed E-state index contributed by atoms with van der Waals surface area (Å²) in [7, 11) is 3.48. The number of imidazole rings is 1. The van der Waals surface area contributed by atoms with Gasteiger partial charge in [0, 0.05) is 19.1 Å². The van der Waals surface area contributed by atoms with Crippen molar-refractivity contribution in [1.29, 1.82) is 5.41 Å². The van der Waals surface area contributed by atoms with Crippen molar-refractivity contribution in [2.45, 2.75) is 34.2 Å². The van der Waals surface area contributed by atoms with E-state index in [1.54, 1.807) is 16.5 Å². The van der Waals surface area contributed by atoms with Crippen LogP contribution in [0.3, 0.4) is 0 Å². The molecule has 0 aliphatic heterocycles. The Morgan fingerprint density at radius 2 is 1.79 bits per heavy atom. The van der Waals surface area contributed by atoms with Crippen molar-refractivity contribution < 1.29 is 51.4 Å². The molecule has 0 saturated carbocycles. The summed E-state index contributed by atoms with van der Waals surface area (Å²) in [5.41, 5.74) is 4.03. The molecule has 0 saturated heterocycles. The first-order valence-corrected chi connectivity index (χ1v) is 11.1. The Balaban J connectivity index is 0.00000133. The molecule has 4 aromatic rings. The van der Waals surface area contributed by atoms with Crippen LogP contribution in [0.25, 0.3) is 21.8 Å². The van der Waals surface area contributed by atoms with Gasteiger partial charge in [-0.05, 0) is 48.3 Å². The van der Waals surface area contributed by atoms with Crippen molar-refractivity contribution in [3.8, 4) is 5.69 Å². The second kappa shape index (κ2) is 12.5. The largest absolute Gasteiger partial charge is 1.00 e. The van der Waals surface area contributed by atoms with E-state index >= 15 is 0 Å². The number of aromatic amines is 1. The number of fused-ring (bicyclic) bond motifs is 1. The molecule has 0 spiro atoms. The van der Waals surface area contributed by atoms with Crippen LogP contribution in [0.15, 0.2) is 59.7 Å². The number of aryl methyl sites for hydroxylation is 2. The van der Waals surface area contributed by atoms with Gasteiger partial charge >= 0.3 is 51.4 Å². The normalized spacial score (nSPS) is 10.2. The van der Waals surface area contributed by atoms with E-state index in [2.05, 4.69) is 15.3 Å². The second-order valence-corrected chi connectivity index (χ2v) is 7.63. The van der Waals surface area contributed by atoms with E-state index in [1.807, 2.05) is 83.3 Å². The van der Waals surface area contributed by atoms with Crippen LogP contribution in [-0.4, -0.2) is 39.4 Å². The van der Waals surface area contributed by atoms with Gasteiger partial charge in [-0.25, -0.2) is 0 Å². The Hall–Kier alpha value is -2.23. The predicted octanol–water partition coefficient (Wildman–Crippen LogP) is 2.45. The van der Waals surface area contributed by atoms with Gasteiger partial charge in [-0.3, -0.25) is 19.8 Å². The zero-order valence-corrected chi connectivity index (χ0v) is 24.2. The Labute approximate surface area is 243 Å². The fraction of sp³-hybridized carbons (Fsp3) is 0.269. The summed E-state index contributed by atoms with van der Waals surface area (Å²) in [6.45, 7) is 8.32. The summed E-state index contributed by atoms with van der Waals surface area (Å²) >= 11 is 0. The number of hydrogen-bond acceptors (Lipinski definition) is 3. The van der Waals surface area contributed by atoms with Crippen LogP contribution in [0.4, 0.5) is 5.82 Å². The average molecular weight is 483 g/mol. The van der Waals surface area contributed by atoms with Crippen LogP contribution in [-0.2, 0) is 6.54 Å². The van der Waals surface area contributed by atoms with Gasteiger partial charge in [0.2, 0.25) is 0 Å². The van der Waals surface area contributed by atoms with Crippen molar-refractivity contribution in [2.75, 3.05) is 14.1 Å². The molecule has 2 aromatic heterocycles. The summed E-state index contributed by atoms with van der Waals surface area (Å²) in [5, 5.41) is 14.4. The first-order chi connectivity index (χ1) is 15.9. The Morgan fingerprint density at radius 3 is 2.47 bits per heavy atom. The summed E-state index contributed by atoms with van der Waals surface area (Å²) in [4.78, 5) is 22.6. The zero-order valence-electron chi connectivity index (χ0n) is 21.1. The third-order valence-corrected chi connectivity index (χ3v) is 5.54. The minimum atomic E-state index is -0.0520. The Morgan fingerprint density at radius 1 is 1.12 bits per heavy atom. The number of benzene rings is 2. The van der Waals surface area contributed by atoms with Gasteiger partial charge in [0.05, 0.1) is 17.6 Å². The number of hydrogen-bond donors (Lipinski definition) is 2.